The van der Waals surface area contributed by atoms with Gasteiger partial charge in [0.25, 0.3) is 0 Å². The first-order valence-corrected chi connectivity index (χ1v) is 4.44. The fourth-order valence-electron chi connectivity index (χ4n) is 1.49. The summed E-state index contributed by atoms with van der Waals surface area (Å²) in [5.41, 5.74) is 3.39. The van der Waals surface area contributed by atoms with Gasteiger partial charge in [-0.05, 0) is 17.9 Å². The van der Waals surface area contributed by atoms with Gasteiger partial charge in [-0.3, -0.25) is 0 Å². The van der Waals surface area contributed by atoms with E-state index in [1.54, 1.807) is 0 Å². The molecule has 0 aliphatic rings. The Bertz CT molecular complexity index is 350. The Morgan fingerprint density at radius 3 is 2.31 bits per heavy atom. The molecule has 1 rings (SSSR count). The van der Waals surface area contributed by atoms with Crippen molar-refractivity contribution in [3.05, 3.63) is 40.7 Å². The summed E-state index contributed by atoms with van der Waals surface area (Å²) in [6.07, 6.45) is 0. The van der Waals surface area contributed by atoms with E-state index in [4.69, 9.17) is 6.57 Å². The van der Waals surface area contributed by atoms with Gasteiger partial charge in [-0.25, -0.2) is 4.85 Å². The zero-order chi connectivity index (χ0) is 10.1. The molecular formula is C12H15N. The second kappa shape index (κ2) is 3.22. The summed E-state index contributed by atoms with van der Waals surface area (Å²) in [5, 5.41) is 0. The Hall–Kier alpha value is -1.29. The minimum Gasteiger partial charge on any atom is -0.238 e. The molecule has 0 bridgehead atoms. The van der Waals surface area contributed by atoms with Crippen molar-refractivity contribution in [1.29, 1.82) is 0 Å². The number of hydrogen-bond acceptors (Lipinski definition) is 0. The molecule has 0 saturated heterocycles. The predicted octanol–water partition coefficient (Wildman–Crippen LogP) is 3.84. The van der Waals surface area contributed by atoms with Crippen molar-refractivity contribution in [2.24, 2.45) is 0 Å². The van der Waals surface area contributed by atoms with Gasteiger partial charge in [-0.2, -0.15) is 0 Å². The topological polar surface area (TPSA) is 4.36 Å². The molecule has 0 aliphatic carbocycles. The van der Waals surface area contributed by atoms with Crippen LogP contribution in [0.3, 0.4) is 0 Å². The molecule has 1 aromatic carbocycles. The van der Waals surface area contributed by atoms with Gasteiger partial charge in [0.2, 0.25) is 0 Å². The number of aryl methyl sites for hydroxylation is 1. The van der Waals surface area contributed by atoms with Crippen LogP contribution in [0.15, 0.2) is 18.2 Å². The van der Waals surface area contributed by atoms with Crippen molar-refractivity contribution in [3.63, 3.8) is 0 Å². The molecule has 0 heterocycles. The summed E-state index contributed by atoms with van der Waals surface area (Å²) in [6.45, 7) is 15.5. The highest BCUT2D eigenvalue weighted by Gasteiger charge is 2.15. The lowest BCUT2D eigenvalue weighted by Gasteiger charge is -2.21. The van der Waals surface area contributed by atoms with Crippen LogP contribution < -0.4 is 0 Å². The van der Waals surface area contributed by atoms with Gasteiger partial charge in [0.05, 0.1) is 6.57 Å². The fraction of sp³-hybridized carbons (Fsp3) is 0.417. The minimum atomic E-state index is 0.130. The van der Waals surface area contributed by atoms with Crippen molar-refractivity contribution in [2.45, 2.75) is 33.1 Å². The van der Waals surface area contributed by atoms with Crippen LogP contribution in [-0.4, -0.2) is 0 Å². The first-order chi connectivity index (χ1) is 5.95. The number of nitrogens with zero attached hydrogens (tertiary/aromatic N) is 1. The lowest BCUT2D eigenvalue weighted by molar-refractivity contribution is 0.586. The maximum Gasteiger partial charge on any atom is 0.187 e. The van der Waals surface area contributed by atoms with Crippen LogP contribution in [0.4, 0.5) is 5.69 Å². The van der Waals surface area contributed by atoms with Crippen LogP contribution in [0, 0.1) is 13.5 Å². The first kappa shape index (κ1) is 9.80. The van der Waals surface area contributed by atoms with E-state index in [0.717, 1.165) is 5.69 Å². The molecule has 68 valence electrons. The minimum absolute atomic E-state index is 0.130. The summed E-state index contributed by atoms with van der Waals surface area (Å²) in [7, 11) is 0. The van der Waals surface area contributed by atoms with Crippen molar-refractivity contribution in [3.8, 4) is 0 Å². The summed E-state index contributed by atoms with van der Waals surface area (Å²) < 4.78 is 0. The van der Waals surface area contributed by atoms with Crippen molar-refractivity contribution < 1.29 is 0 Å². The third-order valence-corrected chi connectivity index (χ3v) is 2.16. The van der Waals surface area contributed by atoms with E-state index >= 15 is 0 Å². The SMILES string of the molecule is [C-]#[N+]c1ccc(C)c(C(C)(C)C)c1. The molecule has 1 nitrogen and oxygen atoms in total. The van der Waals surface area contributed by atoms with Gasteiger partial charge in [0, 0.05) is 0 Å². The molecule has 1 aromatic rings. The van der Waals surface area contributed by atoms with Crippen LogP contribution in [0.5, 0.6) is 0 Å². The van der Waals surface area contributed by atoms with Gasteiger partial charge in [-0.15, -0.1) is 0 Å². The van der Waals surface area contributed by atoms with Gasteiger partial charge in [0.15, 0.2) is 5.69 Å². The zero-order valence-corrected chi connectivity index (χ0v) is 8.68. The van der Waals surface area contributed by atoms with Crippen molar-refractivity contribution in [1.82, 2.24) is 0 Å². The van der Waals surface area contributed by atoms with Crippen molar-refractivity contribution >= 4 is 5.69 Å². The molecule has 0 saturated carbocycles. The summed E-state index contributed by atoms with van der Waals surface area (Å²) in [5.74, 6) is 0. The molecule has 0 amide bonds. The zero-order valence-electron chi connectivity index (χ0n) is 8.68. The molecule has 1 heteroatoms. The molecule has 0 spiro atoms. The van der Waals surface area contributed by atoms with E-state index in [9.17, 15) is 0 Å². The van der Waals surface area contributed by atoms with Gasteiger partial charge < -0.3 is 0 Å². The Labute approximate surface area is 80.2 Å². The maximum atomic E-state index is 6.94. The van der Waals surface area contributed by atoms with Crippen LogP contribution >= 0.6 is 0 Å². The molecule has 0 N–H and O–H groups in total. The number of benzene rings is 1. The molecule has 0 atom stereocenters. The smallest absolute Gasteiger partial charge is 0.187 e. The molecule has 0 unspecified atom stereocenters. The van der Waals surface area contributed by atoms with Crippen molar-refractivity contribution in [2.75, 3.05) is 0 Å². The highest BCUT2D eigenvalue weighted by Crippen LogP contribution is 2.28. The third kappa shape index (κ3) is 2.09. The van der Waals surface area contributed by atoms with Gasteiger partial charge in [0.1, 0.15) is 0 Å². The van der Waals surface area contributed by atoms with Gasteiger partial charge >= 0.3 is 0 Å². The Morgan fingerprint density at radius 2 is 1.85 bits per heavy atom. The number of rotatable bonds is 0. The maximum absolute atomic E-state index is 6.94. The average molecular weight is 173 g/mol. The highest BCUT2D eigenvalue weighted by molar-refractivity contribution is 5.51. The quantitative estimate of drug-likeness (QED) is 0.525. The molecule has 0 aromatic heterocycles. The highest BCUT2D eigenvalue weighted by atomic mass is 14.6. The van der Waals surface area contributed by atoms with E-state index in [-0.39, 0.29) is 5.41 Å². The molecule has 0 fully saturated rings. The Balaban J connectivity index is 3.29. The van der Waals surface area contributed by atoms with E-state index < -0.39 is 0 Å². The van der Waals surface area contributed by atoms with Gasteiger partial charge in [-0.1, -0.05) is 44.5 Å². The van der Waals surface area contributed by atoms with E-state index in [1.165, 1.54) is 11.1 Å². The third-order valence-electron chi connectivity index (χ3n) is 2.16. The normalized spacial score (nSPS) is 11.0. The predicted molar refractivity (Wildman–Crippen MR) is 56.1 cm³/mol. The van der Waals surface area contributed by atoms with Crippen LogP contribution in [0.1, 0.15) is 31.9 Å². The molecule has 13 heavy (non-hydrogen) atoms. The van der Waals surface area contributed by atoms with Crippen LogP contribution in [-0.2, 0) is 5.41 Å². The standard InChI is InChI=1S/C12H15N/c1-9-6-7-10(13-5)8-11(9)12(2,3)4/h6-8H,1-4H3. The monoisotopic (exact) mass is 173 g/mol. The summed E-state index contributed by atoms with van der Waals surface area (Å²) >= 11 is 0. The van der Waals surface area contributed by atoms with E-state index in [0.29, 0.717) is 0 Å². The van der Waals surface area contributed by atoms with E-state index in [1.807, 2.05) is 18.2 Å². The fourth-order valence-corrected chi connectivity index (χ4v) is 1.49. The molecule has 0 aliphatic heterocycles. The summed E-state index contributed by atoms with van der Waals surface area (Å²) in [4.78, 5) is 3.44. The number of hydrogen-bond donors (Lipinski definition) is 0. The first-order valence-electron chi connectivity index (χ1n) is 4.44. The van der Waals surface area contributed by atoms with E-state index in [2.05, 4.69) is 32.5 Å². The largest absolute Gasteiger partial charge is 0.238 e. The van der Waals surface area contributed by atoms with Crippen LogP contribution in [0.2, 0.25) is 0 Å². The second-order valence-corrected chi connectivity index (χ2v) is 4.36. The molecule has 0 radical (unpaired) electrons. The average Bonchev–Trinajstić information content (AvgIpc) is 2.03. The Morgan fingerprint density at radius 1 is 1.23 bits per heavy atom. The lowest BCUT2D eigenvalue weighted by Crippen LogP contribution is -2.12. The van der Waals surface area contributed by atoms with Crippen LogP contribution in [0.25, 0.3) is 4.85 Å². The summed E-state index contributed by atoms with van der Waals surface area (Å²) in [6, 6.07) is 5.88. The Kier molecular flexibility index (Phi) is 2.43. The lowest BCUT2D eigenvalue weighted by atomic mass is 9.84. The molecular weight excluding hydrogens is 158 g/mol. The second-order valence-electron chi connectivity index (χ2n) is 4.36.